The Hall–Kier alpha value is -1.81. The first-order valence-electron chi connectivity index (χ1n) is 5.84. The van der Waals surface area contributed by atoms with Gasteiger partial charge in [0.05, 0.1) is 5.56 Å². The molecule has 4 heteroatoms. The van der Waals surface area contributed by atoms with Crippen molar-refractivity contribution in [3.63, 3.8) is 0 Å². The normalized spacial score (nSPS) is 10.3. The number of carbonyl (C=O) groups is 1. The van der Waals surface area contributed by atoms with Gasteiger partial charge < -0.3 is 10.4 Å². The summed E-state index contributed by atoms with van der Waals surface area (Å²) in [6.07, 6.45) is 0. The van der Waals surface area contributed by atoms with E-state index in [0.717, 1.165) is 15.6 Å². The molecular formula is C15H14BrNO2. The second-order valence-corrected chi connectivity index (χ2v) is 5.29. The summed E-state index contributed by atoms with van der Waals surface area (Å²) < 4.78 is 0.929. The molecule has 0 saturated heterocycles. The molecule has 3 nitrogen and oxygen atoms in total. The standard InChI is InChI=1S/C15H14BrNO2/c1-9-3-6-12(14(18)7-9)15(19)17-11-5-4-10(2)13(16)8-11/h3-8,18H,1-2H3,(H,17,19). The van der Waals surface area contributed by atoms with E-state index < -0.39 is 0 Å². The Bertz CT molecular complexity index is 638. The molecule has 0 radical (unpaired) electrons. The Kier molecular flexibility index (Phi) is 3.90. The highest BCUT2D eigenvalue weighted by molar-refractivity contribution is 9.10. The Labute approximate surface area is 120 Å². The number of hydrogen-bond donors (Lipinski definition) is 2. The fourth-order valence-electron chi connectivity index (χ4n) is 1.70. The molecule has 2 N–H and O–H groups in total. The van der Waals surface area contributed by atoms with E-state index in [4.69, 9.17) is 0 Å². The first-order valence-corrected chi connectivity index (χ1v) is 6.64. The van der Waals surface area contributed by atoms with Crippen LogP contribution in [0.25, 0.3) is 0 Å². The van der Waals surface area contributed by atoms with Crippen LogP contribution in [0.4, 0.5) is 5.69 Å². The van der Waals surface area contributed by atoms with Gasteiger partial charge in [0, 0.05) is 10.2 Å². The first-order chi connectivity index (χ1) is 8.97. The molecule has 0 bridgehead atoms. The lowest BCUT2D eigenvalue weighted by Crippen LogP contribution is -2.12. The van der Waals surface area contributed by atoms with E-state index in [2.05, 4.69) is 21.2 Å². The predicted molar refractivity (Wildman–Crippen MR) is 79.7 cm³/mol. The zero-order valence-electron chi connectivity index (χ0n) is 10.7. The lowest BCUT2D eigenvalue weighted by molar-refractivity contribution is 0.102. The van der Waals surface area contributed by atoms with Crippen LogP contribution in [0.3, 0.4) is 0 Å². The zero-order chi connectivity index (χ0) is 14.0. The summed E-state index contributed by atoms with van der Waals surface area (Å²) in [7, 11) is 0. The average Bonchev–Trinajstić information content (AvgIpc) is 2.33. The summed E-state index contributed by atoms with van der Waals surface area (Å²) in [6, 6.07) is 10.5. The number of carbonyl (C=O) groups excluding carboxylic acids is 1. The van der Waals surface area contributed by atoms with Gasteiger partial charge in [0.2, 0.25) is 0 Å². The minimum Gasteiger partial charge on any atom is -0.507 e. The molecule has 2 aromatic rings. The number of amides is 1. The molecule has 2 rings (SSSR count). The Morgan fingerprint density at radius 3 is 2.53 bits per heavy atom. The van der Waals surface area contributed by atoms with Crippen LogP contribution in [0, 0.1) is 13.8 Å². The van der Waals surface area contributed by atoms with Crippen molar-refractivity contribution in [3.8, 4) is 5.75 Å². The van der Waals surface area contributed by atoms with E-state index >= 15 is 0 Å². The van der Waals surface area contributed by atoms with Crippen molar-refractivity contribution >= 4 is 27.5 Å². The number of rotatable bonds is 2. The molecule has 0 aliphatic heterocycles. The summed E-state index contributed by atoms with van der Waals surface area (Å²) in [5.74, 6) is -0.336. The number of anilines is 1. The molecule has 0 fully saturated rings. The molecule has 0 saturated carbocycles. The molecular weight excluding hydrogens is 306 g/mol. The van der Waals surface area contributed by atoms with Gasteiger partial charge in [-0.25, -0.2) is 0 Å². The van der Waals surface area contributed by atoms with Crippen LogP contribution in [0.15, 0.2) is 40.9 Å². The van der Waals surface area contributed by atoms with Crippen LogP contribution in [0.2, 0.25) is 0 Å². The fourth-order valence-corrected chi connectivity index (χ4v) is 2.08. The molecule has 98 valence electrons. The van der Waals surface area contributed by atoms with Gasteiger partial charge in [-0.15, -0.1) is 0 Å². The van der Waals surface area contributed by atoms with E-state index in [1.165, 1.54) is 0 Å². The van der Waals surface area contributed by atoms with Crippen LogP contribution in [0.5, 0.6) is 5.75 Å². The Balaban J connectivity index is 2.23. The smallest absolute Gasteiger partial charge is 0.259 e. The number of halogens is 1. The van der Waals surface area contributed by atoms with E-state index in [9.17, 15) is 9.90 Å². The van der Waals surface area contributed by atoms with Gasteiger partial charge in [0.15, 0.2) is 0 Å². The van der Waals surface area contributed by atoms with E-state index in [1.807, 2.05) is 32.0 Å². The third-order valence-electron chi connectivity index (χ3n) is 2.83. The summed E-state index contributed by atoms with van der Waals surface area (Å²) in [5.41, 5.74) is 2.95. The van der Waals surface area contributed by atoms with E-state index in [-0.39, 0.29) is 17.2 Å². The molecule has 0 spiro atoms. The second-order valence-electron chi connectivity index (χ2n) is 4.44. The number of phenolic OH excluding ortho intramolecular Hbond substituents is 1. The minimum absolute atomic E-state index is 0.0105. The van der Waals surface area contributed by atoms with Gasteiger partial charge in [0.25, 0.3) is 5.91 Å². The third kappa shape index (κ3) is 3.15. The maximum atomic E-state index is 12.1. The van der Waals surface area contributed by atoms with Gasteiger partial charge in [0.1, 0.15) is 5.75 Å². The van der Waals surface area contributed by atoms with Crippen molar-refractivity contribution < 1.29 is 9.90 Å². The minimum atomic E-state index is -0.326. The summed E-state index contributed by atoms with van der Waals surface area (Å²) in [6.45, 7) is 3.83. The molecule has 0 unspecified atom stereocenters. The largest absolute Gasteiger partial charge is 0.507 e. The SMILES string of the molecule is Cc1ccc(C(=O)Nc2ccc(C)c(Br)c2)c(O)c1. The molecule has 0 heterocycles. The summed E-state index contributed by atoms with van der Waals surface area (Å²) in [4.78, 5) is 12.1. The molecule has 2 aromatic carbocycles. The molecule has 1 amide bonds. The number of phenols is 1. The number of benzene rings is 2. The Morgan fingerprint density at radius 2 is 1.89 bits per heavy atom. The van der Waals surface area contributed by atoms with Crippen LogP contribution in [-0.4, -0.2) is 11.0 Å². The summed E-state index contributed by atoms with van der Waals surface area (Å²) >= 11 is 3.42. The van der Waals surface area contributed by atoms with E-state index in [0.29, 0.717) is 5.69 Å². The van der Waals surface area contributed by atoms with Crippen LogP contribution < -0.4 is 5.32 Å². The van der Waals surface area contributed by atoms with Crippen molar-refractivity contribution in [1.29, 1.82) is 0 Å². The van der Waals surface area contributed by atoms with Crippen molar-refractivity contribution in [2.45, 2.75) is 13.8 Å². The van der Waals surface area contributed by atoms with Gasteiger partial charge in [-0.05, 0) is 49.2 Å². The highest BCUT2D eigenvalue weighted by Crippen LogP contribution is 2.23. The zero-order valence-corrected chi connectivity index (χ0v) is 12.3. The topological polar surface area (TPSA) is 49.3 Å². The van der Waals surface area contributed by atoms with Crippen LogP contribution in [-0.2, 0) is 0 Å². The molecule has 0 aromatic heterocycles. The van der Waals surface area contributed by atoms with E-state index in [1.54, 1.807) is 18.2 Å². The lowest BCUT2D eigenvalue weighted by atomic mass is 10.1. The van der Waals surface area contributed by atoms with Crippen LogP contribution >= 0.6 is 15.9 Å². The number of aromatic hydroxyl groups is 1. The molecule has 0 aliphatic carbocycles. The van der Waals surface area contributed by atoms with Crippen molar-refractivity contribution in [3.05, 3.63) is 57.6 Å². The highest BCUT2D eigenvalue weighted by atomic mass is 79.9. The third-order valence-corrected chi connectivity index (χ3v) is 3.68. The molecule has 0 aliphatic rings. The van der Waals surface area contributed by atoms with Crippen molar-refractivity contribution in [2.24, 2.45) is 0 Å². The van der Waals surface area contributed by atoms with Gasteiger partial charge >= 0.3 is 0 Å². The van der Waals surface area contributed by atoms with Crippen LogP contribution in [0.1, 0.15) is 21.5 Å². The number of nitrogens with one attached hydrogen (secondary N) is 1. The second kappa shape index (κ2) is 5.45. The Morgan fingerprint density at radius 1 is 1.16 bits per heavy atom. The van der Waals surface area contributed by atoms with Crippen molar-refractivity contribution in [2.75, 3.05) is 5.32 Å². The maximum Gasteiger partial charge on any atom is 0.259 e. The maximum absolute atomic E-state index is 12.1. The number of hydrogen-bond acceptors (Lipinski definition) is 2. The van der Waals surface area contributed by atoms with Gasteiger partial charge in [-0.1, -0.05) is 28.1 Å². The van der Waals surface area contributed by atoms with Gasteiger partial charge in [-0.2, -0.15) is 0 Å². The quantitative estimate of drug-likeness (QED) is 0.878. The molecule has 19 heavy (non-hydrogen) atoms. The fraction of sp³-hybridized carbons (Fsp3) is 0.133. The number of aryl methyl sites for hydroxylation is 2. The van der Waals surface area contributed by atoms with Gasteiger partial charge in [-0.3, -0.25) is 4.79 Å². The van der Waals surface area contributed by atoms with Crippen molar-refractivity contribution in [1.82, 2.24) is 0 Å². The highest BCUT2D eigenvalue weighted by Gasteiger charge is 2.11. The average molecular weight is 320 g/mol. The summed E-state index contributed by atoms with van der Waals surface area (Å²) in [5, 5.41) is 12.5. The predicted octanol–water partition coefficient (Wildman–Crippen LogP) is 4.02. The lowest BCUT2D eigenvalue weighted by Gasteiger charge is -2.08. The molecule has 0 atom stereocenters. The monoisotopic (exact) mass is 319 g/mol. The first kappa shape index (κ1) is 13.6.